The first-order valence-electron chi connectivity index (χ1n) is 9.09. The molecule has 0 aromatic carbocycles. The van der Waals surface area contributed by atoms with Gasteiger partial charge in [0, 0.05) is 12.8 Å². The lowest BCUT2D eigenvalue weighted by molar-refractivity contribution is -0.148. The summed E-state index contributed by atoms with van der Waals surface area (Å²) >= 11 is 0. The Balaban J connectivity index is 1.88. The largest absolute Gasteiger partial charge is 0.481 e. The lowest BCUT2D eigenvalue weighted by Gasteiger charge is -2.28. The van der Waals surface area contributed by atoms with Crippen molar-refractivity contribution < 1.29 is 14.7 Å². The highest BCUT2D eigenvalue weighted by Crippen LogP contribution is 2.60. The van der Waals surface area contributed by atoms with Crippen molar-refractivity contribution in [3.05, 3.63) is 12.7 Å². The molecule has 5 atom stereocenters. The van der Waals surface area contributed by atoms with E-state index in [1.165, 1.54) is 25.7 Å². The number of hydrogen-bond donors (Lipinski definition) is 1. The first kappa shape index (κ1) is 18.2. The lowest BCUT2D eigenvalue weighted by Crippen LogP contribution is -2.31. The van der Waals surface area contributed by atoms with E-state index >= 15 is 0 Å². The molecule has 0 aromatic heterocycles. The van der Waals surface area contributed by atoms with E-state index < -0.39 is 11.9 Å². The highest BCUT2D eigenvalue weighted by molar-refractivity contribution is 5.84. The average Bonchev–Trinajstić information content (AvgIpc) is 3.11. The van der Waals surface area contributed by atoms with Gasteiger partial charge in [-0.05, 0) is 61.2 Å². The quantitative estimate of drug-likeness (QED) is 0.494. The Morgan fingerprint density at radius 2 is 2.00 bits per heavy atom. The molecule has 130 valence electrons. The molecule has 0 amide bonds. The van der Waals surface area contributed by atoms with Gasteiger partial charge >= 0.3 is 5.97 Å². The Labute approximate surface area is 140 Å². The van der Waals surface area contributed by atoms with Gasteiger partial charge in [0.2, 0.25) is 0 Å². The molecule has 2 saturated carbocycles. The second kappa shape index (κ2) is 7.19. The second-order valence-corrected chi connectivity index (χ2v) is 8.74. The Hall–Kier alpha value is -1.12. The van der Waals surface area contributed by atoms with Crippen LogP contribution in [0.4, 0.5) is 0 Å². The van der Waals surface area contributed by atoms with Crippen molar-refractivity contribution >= 4 is 11.8 Å². The number of carboxylic acid groups (broad SMARTS) is 1. The minimum atomic E-state index is -0.845. The zero-order valence-electron chi connectivity index (χ0n) is 14.9. The number of carbonyl (C=O) groups is 2. The van der Waals surface area contributed by atoms with Gasteiger partial charge in [-0.25, -0.2) is 0 Å². The summed E-state index contributed by atoms with van der Waals surface area (Å²) in [7, 11) is 0. The predicted molar refractivity (Wildman–Crippen MR) is 92.1 cm³/mol. The Bertz CT molecular complexity index is 460. The standard InChI is InChI=1S/C20H32O3/c1-5-6-7-8-16-13(9-14-11-17(14)16)10-15(21)12-18(19(22)23)20(2,3)4/h5,13-14,16-18H,1,6-12H2,2-4H3,(H,22,23)/t13-,14+,16-,17-,18+/m0/s1. The van der Waals surface area contributed by atoms with E-state index in [2.05, 4.69) is 6.58 Å². The molecule has 0 aromatic rings. The van der Waals surface area contributed by atoms with Gasteiger partial charge < -0.3 is 5.11 Å². The smallest absolute Gasteiger partial charge is 0.307 e. The minimum Gasteiger partial charge on any atom is -0.481 e. The van der Waals surface area contributed by atoms with E-state index in [1.54, 1.807) is 0 Å². The highest BCUT2D eigenvalue weighted by atomic mass is 16.4. The minimum absolute atomic E-state index is 0.146. The number of unbranched alkanes of at least 4 members (excludes halogenated alkanes) is 1. The third kappa shape index (κ3) is 4.68. The van der Waals surface area contributed by atoms with E-state index in [-0.39, 0.29) is 17.6 Å². The fraction of sp³-hybridized carbons (Fsp3) is 0.800. The molecule has 2 aliphatic rings. The van der Waals surface area contributed by atoms with Crippen molar-refractivity contribution in [2.75, 3.05) is 0 Å². The molecule has 0 heterocycles. The van der Waals surface area contributed by atoms with Crippen molar-refractivity contribution in [1.29, 1.82) is 0 Å². The molecule has 0 bridgehead atoms. The topological polar surface area (TPSA) is 54.4 Å². The predicted octanol–water partition coefficient (Wildman–Crippen LogP) is 4.71. The van der Waals surface area contributed by atoms with Crippen LogP contribution in [0, 0.1) is 35.0 Å². The van der Waals surface area contributed by atoms with Crippen molar-refractivity contribution in [1.82, 2.24) is 0 Å². The molecule has 0 aliphatic heterocycles. The van der Waals surface area contributed by atoms with E-state index in [0.717, 1.165) is 18.3 Å². The van der Waals surface area contributed by atoms with Gasteiger partial charge in [-0.3, -0.25) is 9.59 Å². The molecule has 1 N–H and O–H groups in total. The van der Waals surface area contributed by atoms with Crippen LogP contribution in [-0.4, -0.2) is 16.9 Å². The summed E-state index contributed by atoms with van der Waals surface area (Å²) in [4.78, 5) is 23.9. The third-order valence-electron chi connectivity index (χ3n) is 5.95. The number of aliphatic carboxylic acids is 1. The zero-order chi connectivity index (χ0) is 17.2. The van der Waals surface area contributed by atoms with Gasteiger partial charge in [0.1, 0.15) is 5.78 Å². The summed E-state index contributed by atoms with van der Waals surface area (Å²) in [5.41, 5.74) is -0.372. The number of carboxylic acids is 1. The SMILES string of the molecule is C=CCCC[C@H]1[C@H](CC(=O)C[C@H](C(=O)O)C(C)(C)C)C[C@@H]2C[C@@H]21. The van der Waals surface area contributed by atoms with Crippen LogP contribution in [0.2, 0.25) is 0 Å². The Morgan fingerprint density at radius 3 is 2.57 bits per heavy atom. The second-order valence-electron chi connectivity index (χ2n) is 8.74. The lowest BCUT2D eigenvalue weighted by atomic mass is 9.76. The first-order valence-corrected chi connectivity index (χ1v) is 9.09. The van der Waals surface area contributed by atoms with Crippen LogP contribution < -0.4 is 0 Å². The van der Waals surface area contributed by atoms with Crippen LogP contribution in [0.1, 0.15) is 65.7 Å². The van der Waals surface area contributed by atoms with Gasteiger partial charge in [0.15, 0.2) is 0 Å². The normalized spacial score (nSPS) is 30.6. The van der Waals surface area contributed by atoms with Crippen LogP contribution in [0.25, 0.3) is 0 Å². The monoisotopic (exact) mass is 320 g/mol. The number of Topliss-reactive ketones (excluding diaryl/α,β-unsaturated/α-hetero) is 1. The van der Waals surface area contributed by atoms with Gasteiger partial charge in [0.05, 0.1) is 5.92 Å². The summed E-state index contributed by atoms with van der Waals surface area (Å²) in [5.74, 6) is 1.59. The maximum atomic E-state index is 12.5. The number of carbonyl (C=O) groups excluding carboxylic acids is 1. The zero-order valence-corrected chi connectivity index (χ0v) is 14.9. The van der Waals surface area contributed by atoms with Crippen molar-refractivity contribution in [3.63, 3.8) is 0 Å². The number of fused-ring (bicyclic) bond motifs is 1. The van der Waals surface area contributed by atoms with Gasteiger partial charge in [-0.1, -0.05) is 26.8 Å². The molecular formula is C20H32O3. The molecule has 0 spiro atoms. The maximum absolute atomic E-state index is 12.5. The third-order valence-corrected chi connectivity index (χ3v) is 5.95. The molecule has 2 fully saturated rings. The van der Waals surface area contributed by atoms with Crippen LogP contribution >= 0.6 is 0 Å². The van der Waals surface area contributed by atoms with E-state index in [1.807, 2.05) is 26.8 Å². The summed E-state index contributed by atoms with van der Waals surface area (Å²) in [6.45, 7) is 9.50. The van der Waals surface area contributed by atoms with E-state index in [9.17, 15) is 14.7 Å². The van der Waals surface area contributed by atoms with Gasteiger partial charge in [0.25, 0.3) is 0 Å². The van der Waals surface area contributed by atoms with Crippen LogP contribution in [0.5, 0.6) is 0 Å². The fourth-order valence-corrected chi connectivity index (χ4v) is 4.53. The first-order chi connectivity index (χ1) is 10.7. The Kier molecular flexibility index (Phi) is 5.70. The molecule has 23 heavy (non-hydrogen) atoms. The summed E-state index contributed by atoms with van der Waals surface area (Å²) < 4.78 is 0. The maximum Gasteiger partial charge on any atom is 0.307 e. The molecule has 0 unspecified atom stereocenters. The molecule has 2 rings (SSSR count). The highest BCUT2D eigenvalue weighted by Gasteiger charge is 2.52. The van der Waals surface area contributed by atoms with Crippen molar-refractivity contribution in [3.8, 4) is 0 Å². The van der Waals surface area contributed by atoms with Crippen LogP contribution in [-0.2, 0) is 9.59 Å². The molecule has 2 aliphatic carbocycles. The average molecular weight is 320 g/mol. The Morgan fingerprint density at radius 1 is 1.30 bits per heavy atom. The fourth-order valence-electron chi connectivity index (χ4n) is 4.53. The number of allylic oxidation sites excluding steroid dienone is 1. The summed E-state index contributed by atoms with van der Waals surface area (Å²) in [6.07, 6.45) is 8.70. The molecule has 0 radical (unpaired) electrons. The molecular weight excluding hydrogens is 288 g/mol. The summed E-state index contributed by atoms with van der Waals surface area (Å²) in [6, 6.07) is 0. The number of ketones is 1. The number of hydrogen-bond acceptors (Lipinski definition) is 2. The molecule has 0 saturated heterocycles. The van der Waals surface area contributed by atoms with Crippen molar-refractivity contribution in [2.45, 2.75) is 65.7 Å². The van der Waals surface area contributed by atoms with Crippen LogP contribution in [0.3, 0.4) is 0 Å². The van der Waals surface area contributed by atoms with Gasteiger partial charge in [-0.2, -0.15) is 0 Å². The van der Waals surface area contributed by atoms with Gasteiger partial charge in [-0.15, -0.1) is 6.58 Å². The molecule has 3 nitrogen and oxygen atoms in total. The number of rotatable bonds is 9. The summed E-state index contributed by atoms with van der Waals surface area (Å²) in [5, 5.41) is 9.40. The van der Waals surface area contributed by atoms with Crippen LogP contribution in [0.15, 0.2) is 12.7 Å². The molecule has 3 heteroatoms. The van der Waals surface area contributed by atoms with E-state index in [0.29, 0.717) is 18.3 Å². The van der Waals surface area contributed by atoms with Crippen molar-refractivity contribution in [2.24, 2.45) is 35.0 Å². The van der Waals surface area contributed by atoms with E-state index in [4.69, 9.17) is 0 Å².